The Morgan fingerprint density at radius 3 is 2.59 bits per heavy atom. The zero-order valence-corrected chi connectivity index (χ0v) is 16.6. The van der Waals surface area contributed by atoms with Crippen molar-refractivity contribution >= 4 is 28.6 Å². The molecule has 1 aliphatic heterocycles. The van der Waals surface area contributed by atoms with E-state index >= 15 is 0 Å². The van der Waals surface area contributed by atoms with Crippen LogP contribution in [0.15, 0.2) is 34.2 Å². The van der Waals surface area contributed by atoms with E-state index in [9.17, 15) is 9.59 Å². The third-order valence-electron chi connectivity index (χ3n) is 5.65. The summed E-state index contributed by atoms with van der Waals surface area (Å²) in [7, 11) is 2.08. The molecular formula is C20H26N4O2S. The molecule has 1 saturated heterocycles. The molecule has 0 radical (unpaired) electrons. The second-order valence-corrected chi connectivity index (χ2v) is 8.44. The van der Waals surface area contributed by atoms with E-state index in [2.05, 4.69) is 11.9 Å². The molecule has 27 heavy (non-hydrogen) atoms. The van der Waals surface area contributed by atoms with Crippen molar-refractivity contribution in [3.8, 4) is 0 Å². The van der Waals surface area contributed by atoms with Crippen LogP contribution in [0.2, 0.25) is 0 Å². The van der Waals surface area contributed by atoms with Gasteiger partial charge in [0.05, 0.1) is 16.7 Å². The lowest BCUT2D eigenvalue weighted by Gasteiger charge is -2.32. The molecule has 1 saturated carbocycles. The first-order chi connectivity index (χ1) is 13.1. The van der Waals surface area contributed by atoms with E-state index in [1.807, 2.05) is 33.7 Å². The molecule has 2 aromatic rings. The molecule has 1 aromatic carbocycles. The zero-order chi connectivity index (χ0) is 18.8. The maximum atomic E-state index is 13.1. The van der Waals surface area contributed by atoms with Gasteiger partial charge < -0.3 is 9.80 Å². The van der Waals surface area contributed by atoms with E-state index in [0.717, 1.165) is 51.9 Å². The number of likely N-dealkylation sites (N-methyl/N-ethyl adjacent to an activating group) is 1. The number of thioether (sulfide) groups is 1. The normalized spacial score (nSPS) is 19.1. The average Bonchev–Trinajstić information content (AvgIpc) is 3.21. The zero-order valence-electron chi connectivity index (χ0n) is 15.8. The number of aromatic nitrogens is 2. The predicted molar refractivity (Wildman–Crippen MR) is 108 cm³/mol. The summed E-state index contributed by atoms with van der Waals surface area (Å²) in [5, 5.41) is 1.35. The number of para-hydroxylation sites is 1. The molecule has 2 fully saturated rings. The Bertz CT molecular complexity index is 883. The topological polar surface area (TPSA) is 58.4 Å². The van der Waals surface area contributed by atoms with E-state index in [-0.39, 0.29) is 17.5 Å². The molecule has 0 atom stereocenters. The Morgan fingerprint density at radius 1 is 1.15 bits per heavy atom. The van der Waals surface area contributed by atoms with Crippen molar-refractivity contribution in [2.24, 2.45) is 0 Å². The van der Waals surface area contributed by atoms with Gasteiger partial charge in [0.1, 0.15) is 0 Å². The summed E-state index contributed by atoms with van der Waals surface area (Å²) in [6, 6.07) is 7.71. The summed E-state index contributed by atoms with van der Waals surface area (Å²) >= 11 is 1.41. The fraction of sp³-hybridized carbons (Fsp3) is 0.550. The lowest BCUT2D eigenvalue weighted by Crippen LogP contribution is -2.47. The molecule has 0 spiro atoms. The lowest BCUT2D eigenvalue weighted by molar-refractivity contribution is -0.129. The Balaban J connectivity index is 1.59. The summed E-state index contributed by atoms with van der Waals surface area (Å²) in [6.07, 6.45) is 4.32. The number of piperazine rings is 1. The second kappa shape index (κ2) is 8.02. The van der Waals surface area contributed by atoms with Crippen molar-refractivity contribution in [3.05, 3.63) is 34.6 Å². The maximum absolute atomic E-state index is 13.1. The monoisotopic (exact) mass is 386 g/mol. The Morgan fingerprint density at radius 2 is 1.85 bits per heavy atom. The van der Waals surface area contributed by atoms with Crippen LogP contribution in [0.25, 0.3) is 10.9 Å². The van der Waals surface area contributed by atoms with Crippen LogP contribution in [0, 0.1) is 0 Å². The molecule has 2 aliphatic rings. The average molecular weight is 387 g/mol. The van der Waals surface area contributed by atoms with Gasteiger partial charge in [0.15, 0.2) is 5.16 Å². The van der Waals surface area contributed by atoms with Gasteiger partial charge in [-0.3, -0.25) is 14.2 Å². The minimum absolute atomic E-state index is 0.0297. The van der Waals surface area contributed by atoms with E-state index in [0.29, 0.717) is 21.8 Å². The molecule has 0 N–H and O–H groups in total. The van der Waals surface area contributed by atoms with Crippen LogP contribution in [0.1, 0.15) is 31.7 Å². The molecule has 7 heteroatoms. The molecule has 2 heterocycles. The number of benzene rings is 1. The highest BCUT2D eigenvalue weighted by molar-refractivity contribution is 7.99. The number of nitrogens with zero attached hydrogens (tertiary/aromatic N) is 4. The van der Waals surface area contributed by atoms with Gasteiger partial charge >= 0.3 is 0 Å². The van der Waals surface area contributed by atoms with Crippen molar-refractivity contribution in [2.75, 3.05) is 39.0 Å². The van der Waals surface area contributed by atoms with Crippen LogP contribution in [0.4, 0.5) is 0 Å². The van der Waals surface area contributed by atoms with Gasteiger partial charge in [-0.25, -0.2) is 4.98 Å². The van der Waals surface area contributed by atoms with Crippen molar-refractivity contribution in [2.45, 2.75) is 36.9 Å². The predicted octanol–water partition coefficient (Wildman–Crippen LogP) is 2.38. The standard InChI is InChI=1S/C20H26N4O2S/c1-22-10-12-23(13-11-22)18(25)14-27-20-21-17-9-5-4-8-16(17)19(26)24(20)15-6-2-3-7-15/h4-5,8-9,15H,2-3,6-7,10-14H2,1H3. The fourth-order valence-corrected chi connectivity index (χ4v) is 4.95. The number of hydrogen-bond acceptors (Lipinski definition) is 5. The highest BCUT2D eigenvalue weighted by atomic mass is 32.2. The van der Waals surface area contributed by atoms with E-state index in [4.69, 9.17) is 4.98 Å². The first kappa shape index (κ1) is 18.5. The molecular weight excluding hydrogens is 360 g/mol. The maximum Gasteiger partial charge on any atom is 0.262 e. The summed E-state index contributed by atoms with van der Waals surface area (Å²) in [4.78, 5) is 34.7. The molecule has 1 aliphatic carbocycles. The summed E-state index contributed by atoms with van der Waals surface area (Å²) < 4.78 is 1.86. The lowest BCUT2D eigenvalue weighted by atomic mass is 10.2. The summed E-state index contributed by atoms with van der Waals surface area (Å²) in [5.41, 5.74) is 0.744. The van der Waals surface area contributed by atoms with E-state index < -0.39 is 0 Å². The highest BCUT2D eigenvalue weighted by Crippen LogP contribution is 2.32. The van der Waals surface area contributed by atoms with E-state index in [1.165, 1.54) is 11.8 Å². The Hall–Kier alpha value is -1.86. The molecule has 4 rings (SSSR count). The number of hydrogen-bond donors (Lipinski definition) is 0. The van der Waals surface area contributed by atoms with Crippen molar-refractivity contribution in [3.63, 3.8) is 0 Å². The van der Waals surface area contributed by atoms with Gasteiger partial charge in [0.25, 0.3) is 5.56 Å². The fourth-order valence-electron chi connectivity index (χ4n) is 3.99. The molecule has 144 valence electrons. The summed E-state index contributed by atoms with van der Waals surface area (Å²) in [5.74, 6) is 0.467. The van der Waals surface area contributed by atoms with E-state index in [1.54, 1.807) is 0 Å². The molecule has 1 amide bonds. The smallest absolute Gasteiger partial charge is 0.262 e. The van der Waals surface area contributed by atoms with Crippen LogP contribution in [0.3, 0.4) is 0 Å². The minimum atomic E-state index is 0.0297. The quantitative estimate of drug-likeness (QED) is 0.596. The van der Waals surface area contributed by atoms with Crippen LogP contribution >= 0.6 is 11.8 Å². The first-order valence-electron chi connectivity index (χ1n) is 9.74. The van der Waals surface area contributed by atoms with Crippen LogP contribution < -0.4 is 5.56 Å². The van der Waals surface area contributed by atoms with Crippen LogP contribution in [-0.2, 0) is 4.79 Å². The van der Waals surface area contributed by atoms with Gasteiger partial charge in [-0.05, 0) is 32.0 Å². The number of carbonyl (C=O) groups excluding carboxylic acids is 1. The third kappa shape index (κ3) is 3.89. The Labute approximate surface area is 163 Å². The van der Waals surface area contributed by atoms with Gasteiger partial charge in [0.2, 0.25) is 5.91 Å². The van der Waals surface area contributed by atoms with Gasteiger partial charge in [-0.15, -0.1) is 0 Å². The molecule has 0 unspecified atom stereocenters. The number of fused-ring (bicyclic) bond motifs is 1. The SMILES string of the molecule is CN1CCN(C(=O)CSc2nc3ccccc3c(=O)n2C2CCCC2)CC1. The van der Waals surface area contributed by atoms with Crippen molar-refractivity contribution < 1.29 is 4.79 Å². The Kier molecular flexibility index (Phi) is 5.50. The minimum Gasteiger partial charge on any atom is -0.339 e. The van der Waals surface area contributed by atoms with Crippen LogP contribution in [0.5, 0.6) is 0 Å². The van der Waals surface area contributed by atoms with Gasteiger partial charge in [-0.2, -0.15) is 0 Å². The largest absolute Gasteiger partial charge is 0.339 e. The highest BCUT2D eigenvalue weighted by Gasteiger charge is 2.24. The van der Waals surface area contributed by atoms with Crippen molar-refractivity contribution in [1.82, 2.24) is 19.4 Å². The first-order valence-corrected chi connectivity index (χ1v) is 10.7. The number of carbonyl (C=O) groups is 1. The van der Waals surface area contributed by atoms with Gasteiger partial charge in [0, 0.05) is 32.2 Å². The number of amides is 1. The van der Waals surface area contributed by atoms with Crippen molar-refractivity contribution in [1.29, 1.82) is 0 Å². The van der Waals surface area contributed by atoms with Crippen LogP contribution in [-0.4, -0.2) is 64.2 Å². The second-order valence-electron chi connectivity index (χ2n) is 7.50. The summed E-state index contributed by atoms with van der Waals surface area (Å²) in [6.45, 7) is 3.38. The van der Waals surface area contributed by atoms with Gasteiger partial charge in [-0.1, -0.05) is 36.7 Å². The molecule has 6 nitrogen and oxygen atoms in total. The third-order valence-corrected chi connectivity index (χ3v) is 6.58. The molecule has 0 bridgehead atoms. The number of rotatable bonds is 4. The molecule has 1 aromatic heterocycles.